The Kier molecular flexibility index (Phi) is 7.39. The fraction of sp³-hybridized carbons (Fsp3) is 0.500. The fourth-order valence-corrected chi connectivity index (χ4v) is 6.77. The van der Waals surface area contributed by atoms with Gasteiger partial charge in [-0.15, -0.1) is 11.3 Å². The largest absolute Gasteiger partial charge is 0.546 e. The second kappa shape index (κ2) is 9.58. The van der Waals surface area contributed by atoms with E-state index in [0.29, 0.717) is 5.76 Å². The van der Waals surface area contributed by atoms with Gasteiger partial charge in [0.1, 0.15) is 11.5 Å². The fourth-order valence-electron chi connectivity index (χ4n) is 3.31. The highest BCUT2D eigenvalue weighted by atomic mass is 32.2. The van der Waals surface area contributed by atoms with Crippen LogP contribution in [0.4, 0.5) is 17.3 Å². The van der Waals surface area contributed by atoms with Crippen molar-refractivity contribution in [3.8, 4) is 5.75 Å². The van der Waals surface area contributed by atoms with Crippen LogP contribution in [0.25, 0.3) is 0 Å². The number of nitrogens with zero attached hydrogens (tertiary/aromatic N) is 3. The molecular weight excluding hydrogens is 486 g/mol. The topological polar surface area (TPSA) is 144 Å². The molecule has 0 saturated carbocycles. The summed E-state index contributed by atoms with van der Waals surface area (Å²) in [5.41, 5.74) is -0.156. The van der Waals surface area contributed by atoms with Gasteiger partial charge in [-0.25, -0.2) is 8.42 Å². The zero-order valence-corrected chi connectivity index (χ0v) is 21.8. The van der Waals surface area contributed by atoms with Gasteiger partial charge < -0.3 is 24.7 Å². The summed E-state index contributed by atoms with van der Waals surface area (Å²) >= 11 is -0.965. The van der Waals surface area contributed by atoms with Crippen LogP contribution in [0.2, 0.25) is 0 Å². The quantitative estimate of drug-likeness (QED) is 0.341. The van der Waals surface area contributed by atoms with Gasteiger partial charge in [0.05, 0.1) is 11.7 Å². The molecule has 0 bridgehead atoms. The van der Waals surface area contributed by atoms with Gasteiger partial charge in [-0.1, -0.05) is 34.6 Å². The lowest BCUT2D eigenvalue weighted by Gasteiger charge is -2.29. The van der Waals surface area contributed by atoms with Crippen LogP contribution in [0.3, 0.4) is 0 Å². The monoisotopic (exact) mass is 515 g/mol. The number of anilines is 3. The van der Waals surface area contributed by atoms with Crippen molar-refractivity contribution in [3.05, 3.63) is 29.0 Å². The number of aryl methyl sites for hydroxylation is 1. The van der Waals surface area contributed by atoms with Gasteiger partial charge in [-0.05, 0) is 24.5 Å². The zero-order chi connectivity index (χ0) is 24.6. The second-order valence-corrected chi connectivity index (χ2v) is 12.3. The van der Waals surface area contributed by atoms with E-state index in [2.05, 4.69) is 19.4 Å². The van der Waals surface area contributed by atoms with Gasteiger partial charge in [0, 0.05) is 27.2 Å². The summed E-state index contributed by atoms with van der Waals surface area (Å²) in [5, 5.41) is 18.2. The Balaban J connectivity index is 1.93. The number of nitrogens with one attached hydrogen (secondary N) is 2. The molecule has 3 heterocycles. The van der Waals surface area contributed by atoms with Crippen molar-refractivity contribution in [3.63, 3.8) is 0 Å². The number of hydrogen-bond acceptors (Lipinski definition) is 10. The van der Waals surface area contributed by atoms with E-state index in [-0.39, 0.29) is 46.1 Å². The van der Waals surface area contributed by atoms with Gasteiger partial charge in [-0.2, -0.15) is 4.31 Å². The lowest BCUT2D eigenvalue weighted by molar-refractivity contribution is 0.300. The molecule has 3 aromatic rings. The van der Waals surface area contributed by atoms with Crippen LogP contribution >= 0.6 is 22.5 Å². The molecule has 3 aromatic heterocycles. The normalized spacial score (nSPS) is 14.0. The number of furan rings is 1. The SMILES string of the molecule is CCN(CC)S(=O)(=O)c1scc(Nc2n[s+]([O-])nc2N[C@@H](c2ccc(C)o2)C(C)(C)C)c1O. The van der Waals surface area contributed by atoms with E-state index in [1.807, 2.05) is 39.8 Å². The van der Waals surface area contributed by atoms with Crippen LogP contribution in [-0.4, -0.2) is 44.2 Å². The summed E-state index contributed by atoms with van der Waals surface area (Å²) < 4.78 is 52.7. The van der Waals surface area contributed by atoms with Crippen LogP contribution in [0.15, 0.2) is 26.1 Å². The Morgan fingerprint density at radius 1 is 1.24 bits per heavy atom. The summed E-state index contributed by atoms with van der Waals surface area (Å²) in [6.45, 7) is 11.9. The molecule has 0 fully saturated rings. The number of rotatable bonds is 9. The van der Waals surface area contributed by atoms with Crippen molar-refractivity contribution in [2.45, 2.75) is 51.8 Å². The van der Waals surface area contributed by atoms with Gasteiger partial charge in [0.25, 0.3) is 10.0 Å². The standard InChI is InChI=1S/C20H29N5O5S3/c1-7-25(8-2)33(28,29)19-15(26)13(11-31-19)21-17-18(24-32(27)23-17)22-16(20(4,5)6)14-10-9-12(3)30-14/h9-11,16,26H,7-8H2,1-6H3,(H,21,23)(H,22,24)/t16-,32?/m0/s1. The number of aromatic hydroxyl groups is 1. The number of sulfonamides is 1. The van der Waals surface area contributed by atoms with Crippen LogP contribution in [0.5, 0.6) is 5.75 Å². The number of thiophene rings is 1. The van der Waals surface area contributed by atoms with Crippen molar-refractivity contribution in [2.24, 2.45) is 5.41 Å². The third kappa shape index (κ3) is 5.32. The van der Waals surface area contributed by atoms with Gasteiger partial charge >= 0.3 is 0 Å². The van der Waals surface area contributed by atoms with Crippen LogP contribution in [0.1, 0.15) is 52.2 Å². The second-order valence-electron chi connectivity index (χ2n) is 8.50. The van der Waals surface area contributed by atoms with Crippen LogP contribution in [0, 0.1) is 12.3 Å². The molecule has 182 valence electrons. The van der Waals surface area contributed by atoms with E-state index in [1.165, 1.54) is 9.69 Å². The summed E-state index contributed by atoms with van der Waals surface area (Å²) in [7, 11) is -3.84. The van der Waals surface area contributed by atoms with E-state index in [0.717, 1.165) is 17.1 Å². The molecule has 0 saturated heterocycles. The third-order valence-corrected chi connectivity index (χ3v) is 9.24. The maximum Gasteiger partial charge on any atom is 0.256 e. The van der Waals surface area contributed by atoms with Crippen molar-refractivity contribution in [1.29, 1.82) is 0 Å². The molecule has 0 aliphatic carbocycles. The Morgan fingerprint density at radius 2 is 1.88 bits per heavy atom. The van der Waals surface area contributed by atoms with Gasteiger partial charge in [0.15, 0.2) is 21.1 Å². The molecule has 0 spiro atoms. The Labute approximate surface area is 200 Å². The molecule has 0 aliphatic rings. The summed E-state index contributed by atoms with van der Waals surface area (Å²) in [6.07, 6.45) is 0. The van der Waals surface area contributed by atoms with E-state index < -0.39 is 26.9 Å². The molecule has 0 amide bonds. The molecule has 33 heavy (non-hydrogen) atoms. The average molecular weight is 516 g/mol. The molecule has 3 rings (SSSR count). The number of aromatic nitrogens is 2. The molecule has 10 nitrogen and oxygen atoms in total. The van der Waals surface area contributed by atoms with Gasteiger partial charge in [-0.3, -0.25) is 0 Å². The molecule has 13 heteroatoms. The Bertz CT molecular complexity index is 1210. The molecular formula is C20H29N5O5S3. The maximum absolute atomic E-state index is 12.8. The first kappa shape index (κ1) is 25.4. The van der Waals surface area contributed by atoms with Crippen molar-refractivity contribution < 1.29 is 22.5 Å². The molecule has 0 aliphatic heterocycles. The van der Waals surface area contributed by atoms with Crippen molar-refractivity contribution >= 4 is 49.8 Å². The summed E-state index contributed by atoms with van der Waals surface area (Å²) in [6, 6.07) is 3.41. The van der Waals surface area contributed by atoms with E-state index >= 15 is 0 Å². The highest BCUT2D eigenvalue weighted by Crippen LogP contribution is 2.43. The molecule has 0 aromatic carbocycles. The lowest BCUT2D eigenvalue weighted by atomic mass is 9.85. The van der Waals surface area contributed by atoms with Crippen LogP contribution < -0.4 is 10.6 Å². The smallest absolute Gasteiger partial charge is 0.256 e. The van der Waals surface area contributed by atoms with Crippen molar-refractivity contribution in [1.82, 2.24) is 13.1 Å². The van der Waals surface area contributed by atoms with Crippen molar-refractivity contribution in [2.75, 3.05) is 23.7 Å². The first-order chi connectivity index (χ1) is 15.4. The van der Waals surface area contributed by atoms with Gasteiger partial charge in [0.2, 0.25) is 11.6 Å². The lowest BCUT2D eigenvalue weighted by Crippen LogP contribution is -2.30. The van der Waals surface area contributed by atoms with E-state index in [9.17, 15) is 18.1 Å². The highest BCUT2D eigenvalue weighted by molar-refractivity contribution is 7.91. The van der Waals surface area contributed by atoms with Crippen LogP contribution in [-0.2, 0) is 10.0 Å². The van der Waals surface area contributed by atoms with E-state index in [1.54, 1.807) is 13.8 Å². The first-order valence-corrected chi connectivity index (χ1v) is 13.8. The molecule has 1 unspecified atom stereocenters. The summed E-state index contributed by atoms with van der Waals surface area (Å²) in [5.74, 6) is 1.38. The highest BCUT2D eigenvalue weighted by Gasteiger charge is 2.33. The molecule has 3 N–H and O–H groups in total. The Hall–Kier alpha value is -2.19. The Morgan fingerprint density at radius 3 is 2.42 bits per heavy atom. The number of hydrogen-bond donors (Lipinski definition) is 3. The molecule has 2 atom stereocenters. The first-order valence-electron chi connectivity index (χ1n) is 10.4. The third-order valence-electron chi connectivity index (χ3n) is 5.02. The predicted octanol–water partition coefficient (Wildman–Crippen LogP) is 4.85. The zero-order valence-electron chi connectivity index (χ0n) is 19.4. The average Bonchev–Trinajstić information content (AvgIpc) is 3.39. The summed E-state index contributed by atoms with van der Waals surface area (Å²) in [4.78, 5) is 0. The minimum absolute atomic E-state index is 0.130. The predicted molar refractivity (Wildman–Crippen MR) is 129 cm³/mol. The van der Waals surface area contributed by atoms with E-state index in [4.69, 9.17) is 4.42 Å². The molecule has 0 radical (unpaired) electrons. The maximum atomic E-state index is 12.8. The minimum atomic E-state index is -3.84. The minimum Gasteiger partial charge on any atom is -0.546 e.